The molecule has 0 aliphatic rings. The zero-order chi connectivity index (χ0) is 10.7. The number of hydrogen-bond donors (Lipinski definition) is 4. The molecule has 0 amide bonds. The average Bonchev–Trinajstić information content (AvgIpc) is 1.81. The van der Waals surface area contributed by atoms with Crippen LogP contribution in [-0.2, 0) is 27.0 Å². The van der Waals surface area contributed by atoms with E-state index in [0.29, 0.717) is 0 Å². The quantitative estimate of drug-likeness (QED) is 0.302. The smallest absolute Gasteiger partial charge is 0.302 e. The largest absolute Gasteiger partial charge is 0.506 e. The summed E-state index contributed by atoms with van der Waals surface area (Å²) in [6.07, 6.45) is 0. The topological polar surface area (TPSA) is 160 Å². The third kappa shape index (κ3) is 7.48. The van der Waals surface area contributed by atoms with Gasteiger partial charge < -0.3 is 14.7 Å². The van der Waals surface area contributed by atoms with Crippen LogP contribution in [0.25, 0.3) is 0 Å². The summed E-state index contributed by atoms with van der Waals surface area (Å²) < 4.78 is 40.1. The Hall–Kier alpha value is 0.410. The van der Waals surface area contributed by atoms with Gasteiger partial charge in [0.15, 0.2) is 0 Å². The van der Waals surface area contributed by atoms with Gasteiger partial charge in [0.1, 0.15) is 0 Å². The van der Waals surface area contributed by atoms with Gasteiger partial charge in [-0.2, -0.15) is 0 Å². The number of hydrogen-bond acceptors (Lipinski definition) is 7. The molecule has 10 nitrogen and oxygen atoms in total. The van der Waals surface area contributed by atoms with Crippen LogP contribution in [-0.4, -0.2) is 19.9 Å². The predicted octanol–water partition coefficient (Wildman–Crippen LogP) is 0.0920. The molecular weight excluding hydrogens is 253 g/mol. The van der Waals surface area contributed by atoms with Crippen molar-refractivity contribution in [1.29, 1.82) is 0 Å². The molecule has 0 rings (SSSR count). The highest BCUT2D eigenvalue weighted by Crippen LogP contribution is 2.57. The second-order valence-corrected chi connectivity index (χ2v) is 5.52. The second-order valence-electron chi connectivity index (χ2n) is 1.47. The van der Waals surface area contributed by atoms with E-state index < -0.39 is 23.9 Å². The molecule has 2 atom stereocenters. The van der Waals surface area contributed by atoms with Crippen LogP contribution in [0, 0.1) is 0 Å². The molecule has 0 aromatic carbocycles. The molecule has 0 aromatic rings. The van der Waals surface area contributed by atoms with E-state index in [4.69, 9.17) is 19.9 Å². The van der Waals surface area contributed by atoms with Crippen molar-refractivity contribution in [2.75, 3.05) is 0 Å². The molecule has 0 fully saturated rings. The summed E-state index contributed by atoms with van der Waals surface area (Å²) in [6.45, 7) is 0. The molecule has 0 saturated carbocycles. The van der Waals surface area contributed by atoms with Crippen molar-refractivity contribution < 1.29 is 46.9 Å². The monoisotopic (exact) mass is 258 g/mol. The lowest BCUT2D eigenvalue weighted by Crippen LogP contribution is -1.86. The summed E-state index contributed by atoms with van der Waals surface area (Å²) in [7, 11) is -14.0. The summed E-state index contributed by atoms with van der Waals surface area (Å²) >= 11 is 0. The maximum atomic E-state index is 10.4. The Morgan fingerprint density at radius 1 is 1.08 bits per heavy atom. The lowest BCUT2D eigenvalue weighted by molar-refractivity contribution is -0.156. The van der Waals surface area contributed by atoms with Gasteiger partial charge in [-0.3, -0.25) is 4.57 Å². The van der Waals surface area contributed by atoms with Gasteiger partial charge in [0.05, 0.1) is 0 Å². The molecule has 13 heteroatoms. The van der Waals surface area contributed by atoms with Crippen LogP contribution in [0.1, 0.15) is 0 Å². The average molecular weight is 258 g/mol. The fourth-order valence-corrected chi connectivity index (χ4v) is 2.32. The van der Waals surface area contributed by atoms with Crippen molar-refractivity contribution in [2.24, 2.45) is 0 Å². The Balaban J connectivity index is 4.19. The highest BCUT2D eigenvalue weighted by Gasteiger charge is 2.29. The van der Waals surface area contributed by atoms with Crippen LogP contribution >= 0.6 is 23.9 Å². The van der Waals surface area contributed by atoms with Gasteiger partial charge in [-0.1, -0.05) is 0 Å². The molecule has 4 N–H and O–H groups in total. The highest BCUT2D eigenvalue weighted by molar-refractivity contribution is 7.61. The number of phosphoric acid groups is 2. The standard InChI is InChI=1S/H5O10P3/c1-8-13(6,7)10-11(2)9-12(3,4)5/h1,11H,(H,6,7)(H2,3,4,5). The molecule has 0 aliphatic carbocycles. The molecule has 0 saturated heterocycles. The van der Waals surface area contributed by atoms with Crippen LogP contribution in [0.15, 0.2) is 0 Å². The molecule has 0 spiro atoms. The Morgan fingerprint density at radius 3 is 1.85 bits per heavy atom. The zero-order valence-corrected chi connectivity index (χ0v) is 8.42. The Kier molecular flexibility index (Phi) is 4.92. The first kappa shape index (κ1) is 13.4. The maximum Gasteiger partial charge on any atom is 0.506 e. The van der Waals surface area contributed by atoms with Crippen LogP contribution in [0.5, 0.6) is 0 Å². The van der Waals surface area contributed by atoms with Crippen LogP contribution < -0.4 is 0 Å². The van der Waals surface area contributed by atoms with E-state index >= 15 is 0 Å². The maximum absolute atomic E-state index is 10.4. The second kappa shape index (κ2) is 4.77. The van der Waals surface area contributed by atoms with Crippen molar-refractivity contribution >= 4 is 23.9 Å². The van der Waals surface area contributed by atoms with Gasteiger partial charge in [-0.05, 0) is 0 Å². The van der Waals surface area contributed by atoms with Gasteiger partial charge >= 0.3 is 23.9 Å². The minimum Gasteiger partial charge on any atom is -0.302 e. The minimum absolute atomic E-state index is 2.80. The SMILES string of the molecule is O=[PH](OP(=O)(O)O)OP(=O)(O)OO. The highest BCUT2D eigenvalue weighted by atomic mass is 31.3. The van der Waals surface area contributed by atoms with E-state index in [-0.39, 0.29) is 0 Å². The fraction of sp³-hybridized carbons (Fsp3) is 0. The summed E-state index contributed by atoms with van der Waals surface area (Å²) in [4.78, 5) is 24.3. The van der Waals surface area contributed by atoms with Gasteiger partial charge in [0.2, 0.25) is 0 Å². The summed E-state index contributed by atoms with van der Waals surface area (Å²) in [5.74, 6) is 0. The molecule has 2 unspecified atom stereocenters. The molecule has 0 aromatic heterocycles. The lowest BCUT2D eigenvalue weighted by Gasteiger charge is -2.07. The molecule has 0 aliphatic heterocycles. The van der Waals surface area contributed by atoms with Crippen LogP contribution in [0.3, 0.4) is 0 Å². The van der Waals surface area contributed by atoms with E-state index in [1.807, 2.05) is 0 Å². The van der Waals surface area contributed by atoms with Crippen molar-refractivity contribution in [3.05, 3.63) is 0 Å². The first-order chi connectivity index (χ1) is 5.66. The van der Waals surface area contributed by atoms with Gasteiger partial charge in [-0.25, -0.2) is 23.0 Å². The summed E-state index contributed by atoms with van der Waals surface area (Å²) in [6, 6.07) is 0. The van der Waals surface area contributed by atoms with Crippen molar-refractivity contribution in [2.45, 2.75) is 0 Å². The molecule has 80 valence electrons. The third-order valence-corrected chi connectivity index (χ3v) is 3.76. The van der Waals surface area contributed by atoms with Crippen molar-refractivity contribution in [1.82, 2.24) is 0 Å². The zero-order valence-electron chi connectivity index (χ0n) is 5.63. The third-order valence-electron chi connectivity index (χ3n) is 0.487. The summed E-state index contributed by atoms with van der Waals surface area (Å²) in [5, 5.41) is 7.63. The Bertz CT molecular complexity index is 270. The van der Waals surface area contributed by atoms with Gasteiger partial charge in [0.25, 0.3) is 0 Å². The van der Waals surface area contributed by atoms with Gasteiger partial charge in [-0.15, -0.1) is 4.67 Å². The molecule has 0 heterocycles. The normalized spacial score (nSPS) is 19.4. The molecule has 0 bridgehead atoms. The van der Waals surface area contributed by atoms with E-state index in [0.717, 1.165) is 0 Å². The summed E-state index contributed by atoms with van der Waals surface area (Å²) in [5.41, 5.74) is 0. The molecule has 13 heavy (non-hydrogen) atoms. The van der Waals surface area contributed by atoms with E-state index in [1.54, 1.807) is 0 Å². The van der Waals surface area contributed by atoms with Crippen LogP contribution in [0.4, 0.5) is 0 Å². The predicted molar refractivity (Wildman–Crippen MR) is 36.8 cm³/mol. The van der Waals surface area contributed by atoms with Crippen molar-refractivity contribution in [3.8, 4) is 0 Å². The minimum atomic E-state index is -5.08. The first-order valence-corrected chi connectivity index (χ1v) is 6.56. The van der Waals surface area contributed by atoms with E-state index in [9.17, 15) is 13.7 Å². The van der Waals surface area contributed by atoms with Crippen LogP contribution in [0.2, 0.25) is 0 Å². The fourth-order valence-electron chi connectivity index (χ4n) is 0.225. The number of rotatable bonds is 5. The van der Waals surface area contributed by atoms with Crippen molar-refractivity contribution in [3.63, 3.8) is 0 Å². The lowest BCUT2D eigenvalue weighted by atomic mass is 15.0. The van der Waals surface area contributed by atoms with E-state index in [2.05, 4.69) is 13.3 Å². The van der Waals surface area contributed by atoms with E-state index in [1.165, 1.54) is 0 Å². The Labute approximate surface area is 71.8 Å². The first-order valence-electron chi connectivity index (χ1n) is 2.31. The Morgan fingerprint density at radius 2 is 1.54 bits per heavy atom. The molecule has 0 radical (unpaired) electrons. The molecular formula is H5O10P3. The van der Waals surface area contributed by atoms with Gasteiger partial charge in [0, 0.05) is 0 Å².